The van der Waals surface area contributed by atoms with Gasteiger partial charge in [0.05, 0.1) is 0 Å². The lowest BCUT2D eigenvalue weighted by Gasteiger charge is -1.91. The lowest BCUT2D eigenvalue weighted by Crippen LogP contribution is -2.02. The fourth-order valence-corrected chi connectivity index (χ4v) is 0.381. The molecule has 2 heteroatoms. The fraction of sp³-hybridized carbons (Fsp3) is 0.500. The van der Waals surface area contributed by atoms with Crippen LogP contribution >= 0.6 is 0 Å². The van der Waals surface area contributed by atoms with Crippen LogP contribution < -0.4 is 0 Å². The van der Waals surface area contributed by atoms with Gasteiger partial charge in [-0.3, -0.25) is 0 Å². The molecule has 1 atom stereocenters. The van der Waals surface area contributed by atoms with E-state index < -0.39 is 6.10 Å². The van der Waals surface area contributed by atoms with Crippen molar-refractivity contribution in [1.82, 2.24) is 0 Å². The SMILES string of the molecule is CC(C)=CC(O)C=O. The van der Waals surface area contributed by atoms with Gasteiger partial charge in [-0.05, 0) is 13.8 Å². The Balaban J connectivity index is 3.68. The third-order valence-corrected chi connectivity index (χ3v) is 0.644. The van der Waals surface area contributed by atoms with Gasteiger partial charge < -0.3 is 9.90 Å². The van der Waals surface area contributed by atoms with E-state index in [2.05, 4.69) is 0 Å². The zero-order valence-electron chi connectivity index (χ0n) is 5.09. The smallest absolute Gasteiger partial charge is 0.152 e. The Morgan fingerprint density at radius 3 is 2.25 bits per heavy atom. The molecule has 0 rings (SSSR count). The van der Waals surface area contributed by atoms with E-state index in [1.165, 1.54) is 6.08 Å². The molecule has 0 aliphatic heterocycles. The van der Waals surface area contributed by atoms with E-state index in [9.17, 15) is 4.79 Å². The highest BCUT2D eigenvalue weighted by molar-refractivity contribution is 5.58. The van der Waals surface area contributed by atoms with Gasteiger partial charge in [0.2, 0.25) is 0 Å². The molecule has 0 bridgehead atoms. The predicted molar refractivity (Wildman–Crippen MR) is 31.5 cm³/mol. The highest BCUT2D eigenvalue weighted by Crippen LogP contribution is 1.90. The zero-order chi connectivity index (χ0) is 6.57. The van der Waals surface area contributed by atoms with Crippen LogP contribution in [-0.2, 0) is 4.79 Å². The summed E-state index contributed by atoms with van der Waals surface area (Å²) in [7, 11) is 0. The molecule has 0 heterocycles. The van der Waals surface area contributed by atoms with E-state index >= 15 is 0 Å². The molecule has 2 nitrogen and oxygen atoms in total. The Morgan fingerprint density at radius 2 is 2.12 bits per heavy atom. The van der Waals surface area contributed by atoms with Crippen molar-refractivity contribution in [3.8, 4) is 0 Å². The van der Waals surface area contributed by atoms with Crippen LogP contribution in [0.4, 0.5) is 0 Å². The number of rotatable bonds is 2. The van der Waals surface area contributed by atoms with Crippen molar-refractivity contribution in [2.24, 2.45) is 0 Å². The molecule has 0 spiro atoms. The Hall–Kier alpha value is -0.630. The molecule has 0 aliphatic carbocycles. The molecule has 0 radical (unpaired) electrons. The summed E-state index contributed by atoms with van der Waals surface area (Å²) in [4.78, 5) is 9.75. The van der Waals surface area contributed by atoms with Crippen molar-refractivity contribution >= 4 is 6.29 Å². The third-order valence-electron chi connectivity index (χ3n) is 0.644. The number of hydrogen-bond acceptors (Lipinski definition) is 2. The van der Waals surface area contributed by atoms with Crippen LogP contribution in [-0.4, -0.2) is 17.5 Å². The van der Waals surface area contributed by atoms with Crippen LogP contribution in [0.3, 0.4) is 0 Å². The lowest BCUT2D eigenvalue weighted by atomic mass is 10.2. The van der Waals surface area contributed by atoms with Gasteiger partial charge in [-0.15, -0.1) is 0 Å². The Bertz CT molecular complexity index is 101. The molecule has 46 valence electrons. The Kier molecular flexibility index (Phi) is 3.12. The van der Waals surface area contributed by atoms with Gasteiger partial charge in [0.15, 0.2) is 6.29 Å². The molecule has 0 aromatic carbocycles. The monoisotopic (exact) mass is 114 g/mol. The number of hydrogen-bond donors (Lipinski definition) is 1. The summed E-state index contributed by atoms with van der Waals surface area (Å²) < 4.78 is 0. The van der Waals surface area contributed by atoms with Gasteiger partial charge in [-0.25, -0.2) is 0 Å². The quantitative estimate of drug-likeness (QED) is 0.419. The molecular weight excluding hydrogens is 104 g/mol. The molecule has 1 unspecified atom stereocenters. The van der Waals surface area contributed by atoms with E-state index in [0.29, 0.717) is 6.29 Å². The fourth-order valence-electron chi connectivity index (χ4n) is 0.381. The minimum absolute atomic E-state index is 0.493. The van der Waals surface area contributed by atoms with Crippen molar-refractivity contribution in [2.45, 2.75) is 20.0 Å². The number of carbonyl (C=O) groups is 1. The van der Waals surface area contributed by atoms with Gasteiger partial charge in [0.1, 0.15) is 6.10 Å². The number of carbonyl (C=O) groups excluding carboxylic acids is 1. The third kappa shape index (κ3) is 3.56. The summed E-state index contributed by atoms with van der Waals surface area (Å²) in [6.07, 6.45) is 1.07. The van der Waals surface area contributed by atoms with Crippen LogP contribution in [0.1, 0.15) is 13.8 Å². The maximum absolute atomic E-state index is 9.75. The Morgan fingerprint density at radius 1 is 1.62 bits per heavy atom. The van der Waals surface area contributed by atoms with E-state index in [1.54, 1.807) is 0 Å². The van der Waals surface area contributed by atoms with E-state index in [1.807, 2.05) is 13.8 Å². The second-order valence-corrected chi connectivity index (χ2v) is 1.87. The average Bonchev–Trinajstić information content (AvgIpc) is 1.65. The van der Waals surface area contributed by atoms with E-state index in [0.717, 1.165) is 5.57 Å². The van der Waals surface area contributed by atoms with Crippen molar-refractivity contribution < 1.29 is 9.90 Å². The maximum atomic E-state index is 9.75. The molecule has 0 aliphatic rings. The lowest BCUT2D eigenvalue weighted by molar-refractivity contribution is -0.112. The topological polar surface area (TPSA) is 37.3 Å². The van der Waals surface area contributed by atoms with Crippen molar-refractivity contribution in [3.05, 3.63) is 11.6 Å². The number of aldehydes is 1. The predicted octanol–water partition coefficient (Wildman–Crippen LogP) is 0.512. The van der Waals surface area contributed by atoms with Crippen molar-refractivity contribution in [3.63, 3.8) is 0 Å². The van der Waals surface area contributed by atoms with Crippen LogP contribution in [0.5, 0.6) is 0 Å². The largest absolute Gasteiger partial charge is 0.381 e. The highest BCUT2D eigenvalue weighted by atomic mass is 16.3. The summed E-state index contributed by atoms with van der Waals surface area (Å²) >= 11 is 0. The van der Waals surface area contributed by atoms with E-state index in [4.69, 9.17) is 5.11 Å². The van der Waals surface area contributed by atoms with Gasteiger partial charge >= 0.3 is 0 Å². The van der Waals surface area contributed by atoms with E-state index in [-0.39, 0.29) is 0 Å². The average molecular weight is 114 g/mol. The molecule has 0 saturated carbocycles. The number of allylic oxidation sites excluding steroid dienone is 1. The number of aliphatic hydroxyl groups is 1. The first-order valence-corrected chi connectivity index (χ1v) is 2.45. The highest BCUT2D eigenvalue weighted by Gasteiger charge is 1.91. The summed E-state index contributed by atoms with van der Waals surface area (Å²) in [5, 5.41) is 8.58. The molecule has 0 fully saturated rings. The summed E-state index contributed by atoms with van der Waals surface area (Å²) in [6.45, 7) is 3.65. The summed E-state index contributed by atoms with van der Waals surface area (Å²) in [5.41, 5.74) is 0.949. The standard InChI is InChI=1S/C6H10O2/c1-5(2)3-6(8)4-7/h3-4,6,8H,1-2H3. The minimum atomic E-state index is -0.917. The Labute approximate surface area is 48.8 Å². The molecule has 1 N–H and O–H groups in total. The second-order valence-electron chi connectivity index (χ2n) is 1.87. The van der Waals surface area contributed by atoms with Gasteiger partial charge in [0.25, 0.3) is 0 Å². The van der Waals surface area contributed by atoms with Crippen LogP contribution in [0.2, 0.25) is 0 Å². The first kappa shape index (κ1) is 7.37. The van der Waals surface area contributed by atoms with Crippen LogP contribution in [0, 0.1) is 0 Å². The molecule has 0 amide bonds. The summed E-state index contributed by atoms with van der Waals surface area (Å²) in [6, 6.07) is 0. The molecule has 0 saturated heterocycles. The van der Waals surface area contributed by atoms with Gasteiger partial charge in [0, 0.05) is 0 Å². The first-order valence-electron chi connectivity index (χ1n) is 2.45. The normalized spacial score (nSPS) is 12.4. The second kappa shape index (κ2) is 3.38. The van der Waals surface area contributed by atoms with Gasteiger partial charge in [-0.1, -0.05) is 11.6 Å². The molecular formula is C6H10O2. The molecule has 0 aromatic rings. The van der Waals surface area contributed by atoms with Crippen LogP contribution in [0.25, 0.3) is 0 Å². The minimum Gasteiger partial charge on any atom is -0.381 e. The van der Waals surface area contributed by atoms with Gasteiger partial charge in [-0.2, -0.15) is 0 Å². The summed E-state index contributed by atoms with van der Waals surface area (Å²) in [5.74, 6) is 0. The van der Waals surface area contributed by atoms with Crippen molar-refractivity contribution in [2.75, 3.05) is 0 Å². The molecule has 0 aromatic heterocycles. The van der Waals surface area contributed by atoms with Crippen molar-refractivity contribution in [1.29, 1.82) is 0 Å². The molecule has 8 heavy (non-hydrogen) atoms. The zero-order valence-corrected chi connectivity index (χ0v) is 5.09. The van der Waals surface area contributed by atoms with Crippen LogP contribution in [0.15, 0.2) is 11.6 Å². The number of aliphatic hydroxyl groups excluding tert-OH is 1. The maximum Gasteiger partial charge on any atom is 0.152 e. The first-order chi connectivity index (χ1) is 3.66.